The Balaban J connectivity index is 1.82. The molecule has 4 nitrogen and oxygen atoms in total. The molecule has 10 heteroatoms. The third-order valence-electron chi connectivity index (χ3n) is 4.48. The van der Waals surface area contributed by atoms with E-state index in [1.165, 1.54) is 17.8 Å². The summed E-state index contributed by atoms with van der Waals surface area (Å²) >= 11 is 1.45. The quantitative estimate of drug-likeness (QED) is 0.650. The Kier molecular flexibility index (Phi) is 6.13. The third-order valence-corrected chi connectivity index (χ3v) is 6.06. The molecular weight excluding hydrogens is 428 g/mol. The lowest BCUT2D eigenvalue weighted by Crippen LogP contribution is -2.29. The molecule has 2 atom stereocenters. The van der Waals surface area contributed by atoms with Gasteiger partial charge in [0.05, 0.1) is 17.7 Å². The van der Waals surface area contributed by atoms with Crippen molar-refractivity contribution in [2.75, 3.05) is 11.0 Å². The Morgan fingerprint density at radius 3 is 2.31 bits per heavy atom. The molecule has 3 rings (SSSR count). The van der Waals surface area contributed by atoms with Gasteiger partial charge in [0, 0.05) is 12.6 Å². The molecule has 2 aromatic carbocycles. The zero-order chi connectivity index (χ0) is 21.3. The normalized spacial score (nSPS) is 17.6. The first kappa shape index (κ1) is 21.5. The molecule has 1 N–H and O–H groups in total. The van der Waals surface area contributed by atoms with Crippen molar-refractivity contribution in [1.82, 2.24) is 4.90 Å². The molecule has 0 fully saturated rings. The number of anilines is 1. The Bertz CT molecular complexity index is 1040. The van der Waals surface area contributed by atoms with Gasteiger partial charge in [0.25, 0.3) is 0 Å². The van der Waals surface area contributed by atoms with Crippen LogP contribution in [0.5, 0.6) is 0 Å². The summed E-state index contributed by atoms with van der Waals surface area (Å²) in [5, 5.41) is 1.63. The van der Waals surface area contributed by atoms with Gasteiger partial charge < -0.3 is 4.90 Å². The van der Waals surface area contributed by atoms with Gasteiger partial charge in [0.2, 0.25) is 10.0 Å². The lowest BCUT2D eigenvalue weighted by molar-refractivity contribution is 0.283. The maximum atomic E-state index is 14.3. The van der Waals surface area contributed by atoms with Crippen LogP contribution in [0.3, 0.4) is 0 Å². The van der Waals surface area contributed by atoms with E-state index in [1.54, 1.807) is 13.1 Å². The van der Waals surface area contributed by atoms with Crippen LogP contribution in [0.15, 0.2) is 41.9 Å². The minimum atomic E-state index is -3.83. The van der Waals surface area contributed by atoms with Crippen molar-refractivity contribution >= 4 is 27.5 Å². The fourth-order valence-corrected chi connectivity index (χ4v) is 4.69. The number of benzene rings is 2. The first-order valence-electron chi connectivity index (χ1n) is 8.55. The van der Waals surface area contributed by atoms with E-state index in [1.807, 2.05) is 15.0 Å². The number of nitrogens with zero attached hydrogens (tertiary/aromatic N) is 1. The van der Waals surface area contributed by atoms with Gasteiger partial charge in [-0.05, 0) is 47.7 Å². The summed E-state index contributed by atoms with van der Waals surface area (Å²) in [5.74, 6) is -3.91. The van der Waals surface area contributed by atoms with E-state index in [-0.39, 0.29) is 5.37 Å². The van der Waals surface area contributed by atoms with E-state index >= 15 is 0 Å². The second-order valence-corrected chi connectivity index (χ2v) is 9.52. The van der Waals surface area contributed by atoms with Gasteiger partial charge in [-0.1, -0.05) is 6.07 Å². The van der Waals surface area contributed by atoms with Crippen molar-refractivity contribution in [2.24, 2.45) is 0 Å². The molecule has 0 aromatic heterocycles. The predicted molar refractivity (Wildman–Crippen MR) is 106 cm³/mol. The standard InChI is InChI=1S/C19H18F4N2O2S2/c1-11(13-9-16(22)19(17(23)10-13)24-29(2,26)27)25-5-6-28-18(25)8-12-3-4-14(20)15(21)7-12/h3-7,9-11,18,24H,8H2,1-2H3/t11?,18-/m1/s1. The Hall–Kier alpha value is -2.20. The predicted octanol–water partition coefficient (Wildman–Crippen LogP) is 4.76. The molecule has 0 amide bonds. The van der Waals surface area contributed by atoms with Gasteiger partial charge in [-0.25, -0.2) is 26.0 Å². The molecule has 0 bridgehead atoms. The van der Waals surface area contributed by atoms with Gasteiger partial charge in [0.15, 0.2) is 23.3 Å². The SMILES string of the molecule is CC(c1cc(F)c(NS(C)(=O)=O)c(F)c1)N1C=CS[C@@H]1Cc1ccc(F)c(F)c1. The molecule has 156 valence electrons. The van der Waals surface area contributed by atoms with Crippen LogP contribution < -0.4 is 4.72 Å². The van der Waals surface area contributed by atoms with E-state index in [4.69, 9.17) is 0 Å². The first-order chi connectivity index (χ1) is 13.5. The van der Waals surface area contributed by atoms with Crippen LogP contribution in [0.4, 0.5) is 23.2 Å². The van der Waals surface area contributed by atoms with E-state index in [9.17, 15) is 26.0 Å². The second kappa shape index (κ2) is 8.27. The topological polar surface area (TPSA) is 49.4 Å². The molecule has 2 aromatic rings. The van der Waals surface area contributed by atoms with Crippen LogP contribution in [0.2, 0.25) is 0 Å². The number of thioether (sulfide) groups is 1. The molecule has 1 aliphatic heterocycles. The van der Waals surface area contributed by atoms with Gasteiger partial charge in [-0.3, -0.25) is 4.72 Å². The highest BCUT2D eigenvalue weighted by atomic mass is 32.2. The molecule has 29 heavy (non-hydrogen) atoms. The summed E-state index contributed by atoms with van der Waals surface area (Å²) in [7, 11) is -3.83. The molecule has 0 saturated heterocycles. The molecular formula is C19H18F4N2O2S2. The fraction of sp³-hybridized carbons (Fsp3) is 0.263. The lowest BCUT2D eigenvalue weighted by atomic mass is 10.0. The molecule has 0 saturated carbocycles. The van der Waals surface area contributed by atoms with Gasteiger partial charge >= 0.3 is 0 Å². The zero-order valence-corrected chi connectivity index (χ0v) is 17.1. The van der Waals surface area contributed by atoms with Crippen LogP contribution in [-0.2, 0) is 16.4 Å². The van der Waals surface area contributed by atoms with Crippen LogP contribution in [0.1, 0.15) is 24.1 Å². The van der Waals surface area contributed by atoms with Crippen molar-refractivity contribution in [3.63, 3.8) is 0 Å². The maximum Gasteiger partial charge on any atom is 0.230 e. The maximum absolute atomic E-state index is 14.3. The molecule has 0 spiro atoms. The molecule has 1 aliphatic rings. The van der Waals surface area contributed by atoms with Crippen molar-refractivity contribution in [3.05, 3.63) is 76.3 Å². The monoisotopic (exact) mass is 446 g/mol. The highest BCUT2D eigenvalue weighted by Gasteiger charge is 2.27. The van der Waals surface area contributed by atoms with Gasteiger partial charge in [0.1, 0.15) is 5.69 Å². The molecule has 1 unspecified atom stereocenters. The molecule has 0 aliphatic carbocycles. The third kappa shape index (κ3) is 5.05. The highest BCUT2D eigenvalue weighted by Crippen LogP contribution is 2.37. The minimum Gasteiger partial charge on any atom is -0.358 e. The Morgan fingerprint density at radius 1 is 1.07 bits per heavy atom. The summed E-state index contributed by atoms with van der Waals surface area (Å²) in [6.45, 7) is 1.74. The fourth-order valence-electron chi connectivity index (χ4n) is 3.05. The van der Waals surface area contributed by atoms with Gasteiger partial charge in [-0.2, -0.15) is 0 Å². The summed E-state index contributed by atoms with van der Waals surface area (Å²) in [5.41, 5.74) is 0.168. The minimum absolute atomic E-state index is 0.185. The van der Waals surface area contributed by atoms with Gasteiger partial charge in [-0.15, -0.1) is 11.8 Å². The number of sulfonamides is 1. The average Bonchev–Trinajstić information content (AvgIpc) is 3.07. The number of hydrogen-bond donors (Lipinski definition) is 1. The number of halogens is 4. The van der Waals surface area contributed by atoms with E-state index in [0.29, 0.717) is 17.5 Å². The van der Waals surface area contributed by atoms with Crippen molar-refractivity contribution in [1.29, 1.82) is 0 Å². The smallest absolute Gasteiger partial charge is 0.230 e. The van der Waals surface area contributed by atoms with Crippen LogP contribution in [-0.4, -0.2) is 24.9 Å². The van der Waals surface area contributed by atoms with Crippen LogP contribution >= 0.6 is 11.8 Å². The summed E-state index contributed by atoms with van der Waals surface area (Å²) < 4.78 is 79.7. The summed E-state index contributed by atoms with van der Waals surface area (Å²) in [4.78, 5) is 1.85. The van der Waals surface area contributed by atoms with Crippen molar-refractivity contribution < 1.29 is 26.0 Å². The summed E-state index contributed by atoms with van der Waals surface area (Å²) in [6.07, 6.45) is 2.95. The molecule has 0 radical (unpaired) electrons. The number of nitrogens with one attached hydrogen (secondary N) is 1. The average molecular weight is 446 g/mol. The van der Waals surface area contributed by atoms with Crippen molar-refractivity contribution in [3.8, 4) is 0 Å². The Morgan fingerprint density at radius 2 is 1.72 bits per heavy atom. The Labute approximate surface area is 170 Å². The van der Waals surface area contributed by atoms with E-state index < -0.39 is 45.0 Å². The lowest BCUT2D eigenvalue weighted by Gasteiger charge is -2.31. The van der Waals surface area contributed by atoms with E-state index in [2.05, 4.69) is 0 Å². The van der Waals surface area contributed by atoms with Crippen LogP contribution in [0, 0.1) is 23.3 Å². The molecule has 1 heterocycles. The first-order valence-corrected chi connectivity index (χ1v) is 11.4. The van der Waals surface area contributed by atoms with E-state index in [0.717, 1.165) is 30.5 Å². The summed E-state index contributed by atoms with van der Waals surface area (Å²) in [6, 6.07) is 5.38. The number of hydrogen-bond acceptors (Lipinski definition) is 4. The second-order valence-electron chi connectivity index (χ2n) is 6.69. The van der Waals surface area contributed by atoms with Crippen LogP contribution in [0.25, 0.3) is 0 Å². The number of rotatable bonds is 6. The highest BCUT2D eigenvalue weighted by molar-refractivity contribution is 8.02. The zero-order valence-electron chi connectivity index (χ0n) is 15.5. The largest absolute Gasteiger partial charge is 0.358 e. The van der Waals surface area contributed by atoms with Crippen molar-refractivity contribution in [2.45, 2.75) is 24.8 Å².